The molecule has 0 radical (unpaired) electrons. The van der Waals surface area contributed by atoms with E-state index in [-0.39, 0.29) is 30.3 Å². The molecular weight excluding hydrogens is 502 g/mol. The summed E-state index contributed by atoms with van der Waals surface area (Å²) in [6.07, 6.45) is -1.42. The molecule has 9 nitrogen and oxygen atoms in total. The molecule has 206 valence electrons. The molecule has 0 fully saturated rings. The van der Waals surface area contributed by atoms with Crippen molar-refractivity contribution in [2.24, 2.45) is 5.73 Å². The Morgan fingerprint density at radius 3 is 2.31 bits per heavy atom. The van der Waals surface area contributed by atoms with Crippen molar-refractivity contribution in [1.29, 1.82) is 0 Å². The van der Waals surface area contributed by atoms with Gasteiger partial charge in [0.25, 0.3) is 0 Å². The topological polar surface area (TPSA) is 130 Å². The highest BCUT2D eigenvalue weighted by Crippen LogP contribution is 2.45. The fraction of sp³-hybridized carbons (Fsp3) is 0.300. The summed E-state index contributed by atoms with van der Waals surface area (Å²) < 4.78 is 28.0. The lowest BCUT2D eigenvalue weighted by Gasteiger charge is -2.29. The average molecular weight is 536 g/mol. The molecule has 9 heteroatoms. The minimum Gasteiger partial charge on any atom is -0.495 e. The number of fused-ring (bicyclic) bond motifs is 2. The van der Waals surface area contributed by atoms with Crippen molar-refractivity contribution in [3.05, 3.63) is 89.0 Å². The van der Waals surface area contributed by atoms with Gasteiger partial charge in [-0.15, -0.1) is 0 Å². The summed E-state index contributed by atoms with van der Waals surface area (Å²) >= 11 is 0. The molecule has 3 atom stereocenters. The molecule has 3 aromatic rings. The van der Waals surface area contributed by atoms with E-state index in [1.54, 1.807) is 43.3 Å². The zero-order valence-electron chi connectivity index (χ0n) is 22.3. The van der Waals surface area contributed by atoms with Crippen LogP contribution in [0.5, 0.6) is 23.0 Å². The molecule has 2 aliphatic rings. The minimum absolute atomic E-state index is 0.00978. The Morgan fingerprint density at radius 1 is 0.974 bits per heavy atom. The van der Waals surface area contributed by atoms with Crippen molar-refractivity contribution < 1.29 is 38.7 Å². The fourth-order valence-electron chi connectivity index (χ4n) is 4.28. The van der Waals surface area contributed by atoms with E-state index in [0.717, 1.165) is 5.56 Å². The highest BCUT2D eigenvalue weighted by molar-refractivity contribution is 5.98. The van der Waals surface area contributed by atoms with E-state index in [1.165, 1.54) is 7.11 Å². The summed E-state index contributed by atoms with van der Waals surface area (Å²) in [5.41, 5.74) is 7.57. The molecule has 0 bridgehead atoms. The van der Waals surface area contributed by atoms with Crippen LogP contribution < -0.4 is 24.7 Å². The van der Waals surface area contributed by atoms with E-state index in [2.05, 4.69) is 0 Å². The number of carboxylic acids is 1. The van der Waals surface area contributed by atoms with Gasteiger partial charge in [-0.05, 0) is 56.7 Å². The smallest absolute Gasteiger partial charge is 0.339 e. The van der Waals surface area contributed by atoms with Gasteiger partial charge >= 0.3 is 5.97 Å². The van der Waals surface area contributed by atoms with Gasteiger partial charge in [-0.3, -0.25) is 0 Å². The van der Waals surface area contributed by atoms with Crippen molar-refractivity contribution in [2.45, 2.75) is 45.1 Å². The number of carboxylic acid groups (broad SMARTS) is 1. The van der Waals surface area contributed by atoms with E-state index < -0.39 is 18.2 Å². The van der Waals surface area contributed by atoms with E-state index >= 15 is 0 Å². The number of nitrogens with two attached hydrogens (primary N) is 1. The molecule has 4 N–H and O–H groups in total. The van der Waals surface area contributed by atoms with Gasteiger partial charge in [0.1, 0.15) is 22.8 Å². The number of ether oxygens (including phenoxy) is 5. The number of aliphatic hydroxyl groups excluding tert-OH is 1. The van der Waals surface area contributed by atoms with Gasteiger partial charge in [0.2, 0.25) is 6.79 Å². The largest absolute Gasteiger partial charge is 0.495 e. The third-order valence-electron chi connectivity index (χ3n) is 6.09. The molecule has 2 aliphatic heterocycles. The quantitative estimate of drug-likeness (QED) is 0.389. The van der Waals surface area contributed by atoms with Crippen molar-refractivity contribution >= 4 is 11.7 Å². The molecule has 2 unspecified atom stereocenters. The highest BCUT2D eigenvalue weighted by atomic mass is 16.7. The number of rotatable bonds is 7. The Kier molecular flexibility index (Phi) is 8.63. The van der Waals surface area contributed by atoms with Crippen LogP contribution >= 0.6 is 0 Å². The van der Waals surface area contributed by atoms with Crippen molar-refractivity contribution in [3.8, 4) is 23.0 Å². The molecule has 0 saturated carbocycles. The number of aliphatic hydroxyl groups is 1. The number of benzene rings is 3. The molecule has 0 aromatic heterocycles. The van der Waals surface area contributed by atoms with E-state index in [0.29, 0.717) is 34.1 Å². The maximum Gasteiger partial charge on any atom is 0.339 e. The molecule has 0 spiro atoms. The summed E-state index contributed by atoms with van der Waals surface area (Å²) in [4.78, 5) is 12.1. The lowest BCUT2D eigenvalue weighted by atomic mass is 9.94. The fourth-order valence-corrected chi connectivity index (χ4v) is 4.28. The lowest BCUT2D eigenvalue weighted by molar-refractivity contribution is -0.133. The predicted molar refractivity (Wildman–Crippen MR) is 145 cm³/mol. The Bertz CT molecular complexity index is 1340. The summed E-state index contributed by atoms with van der Waals surface area (Å²) in [6, 6.07) is 19.7. The van der Waals surface area contributed by atoms with Crippen LogP contribution in [0.4, 0.5) is 0 Å². The standard InChI is InChI=1S/C21H20O7.C9H13NO/c1-11(2)27-13-5-7-15-14(9-13)20(24-3)18(21(22)23)19(28-15)12-4-6-16-17(8-12)26-10-25-16;1-7(10)9(11)8-5-3-2-4-6-8/h4-9,11,19H,10H2,1-3H3,(H,22,23);2-7,9,11H,10H2,1H3/t19-;/m1./s1. The first-order valence-corrected chi connectivity index (χ1v) is 12.6. The van der Waals surface area contributed by atoms with Crippen LogP contribution in [0.1, 0.15) is 49.7 Å². The van der Waals surface area contributed by atoms with Gasteiger partial charge in [-0.2, -0.15) is 0 Å². The van der Waals surface area contributed by atoms with Gasteiger partial charge < -0.3 is 39.6 Å². The number of aliphatic carboxylic acids is 1. The summed E-state index contributed by atoms with van der Waals surface area (Å²) in [6.45, 7) is 5.76. The van der Waals surface area contributed by atoms with Crippen LogP contribution in [-0.4, -0.2) is 42.2 Å². The maximum atomic E-state index is 12.1. The van der Waals surface area contributed by atoms with Crippen molar-refractivity contribution in [2.75, 3.05) is 13.9 Å². The minimum atomic E-state index is -1.12. The second-order valence-corrected chi connectivity index (χ2v) is 9.40. The van der Waals surface area contributed by atoms with Crippen LogP contribution in [0, 0.1) is 0 Å². The van der Waals surface area contributed by atoms with Gasteiger partial charge in [0, 0.05) is 11.6 Å². The van der Waals surface area contributed by atoms with Crippen molar-refractivity contribution in [1.82, 2.24) is 0 Å². The van der Waals surface area contributed by atoms with E-state index in [4.69, 9.17) is 29.4 Å². The summed E-state index contributed by atoms with van der Waals surface area (Å²) in [7, 11) is 1.44. The van der Waals surface area contributed by atoms with Gasteiger partial charge in [0.15, 0.2) is 17.6 Å². The number of hydrogen-bond acceptors (Lipinski definition) is 8. The number of carbonyl (C=O) groups is 1. The SMILES string of the molecule is CC(N)C(O)c1ccccc1.COC1=C(C(=O)O)[C@@H](c2ccc3c(c2)OCO3)Oc2ccc(OC(C)C)cc21. The third-order valence-corrected chi connectivity index (χ3v) is 6.09. The third kappa shape index (κ3) is 6.27. The molecule has 5 rings (SSSR count). The lowest BCUT2D eigenvalue weighted by Crippen LogP contribution is -2.24. The Morgan fingerprint density at radius 2 is 1.67 bits per heavy atom. The molecule has 2 heterocycles. The molecule has 0 saturated heterocycles. The second kappa shape index (κ2) is 12.1. The second-order valence-electron chi connectivity index (χ2n) is 9.40. The zero-order chi connectivity index (χ0) is 28.1. The first-order valence-electron chi connectivity index (χ1n) is 12.6. The predicted octanol–water partition coefficient (Wildman–Crippen LogP) is 4.85. The number of hydrogen-bond donors (Lipinski definition) is 3. The van der Waals surface area contributed by atoms with Crippen LogP contribution in [0.3, 0.4) is 0 Å². The van der Waals surface area contributed by atoms with E-state index in [9.17, 15) is 15.0 Å². The Balaban J connectivity index is 0.000000270. The summed E-state index contributed by atoms with van der Waals surface area (Å²) in [5.74, 6) is 1.41. The Hall–Kier alpha value is -4.21. The molecule has 39 heavy (non-hydrogen) atoms. The molecule has 0 amide bonds. The molecule has 0 aliphatic carbocycles. The maximum absolute atomic E-state index is 12.1. The molecular formula is C30H33NO8. The van der Waals surface area contributed by atoms with Crippen LogP contribution in [0.15, 0.2) is 72.3 Å². The van der Waals surface area contributed by atoms with Gasteiger partial charge in [-0.25, -0.2) is 4.79 Å². The molecule has 3 aromatic carbocycles. The monoisotopic (exact) mass is 535 g/mol. The average Bonchev–Trinajstić information content (AvgIpc) is 3.40. The first kappa shape index (κ1) is 27.8. The normalized spacial score (nSPS) is 16.8. The van der Waals surface area contributed by atoms with E-state index in [1.807, 2.05) is 44.2 Å². The van der Waals surface area contributed by atoms with Crippen LogP contribution in [-0.2, 0) is 9.53 Å². The van der Waals surface area contributed by atoms with Crippen LogP contribution in [0.2, 0.25) is 0 Å². The highest BCUT2D eigenvalue weighted by Gasteiger charge is 2.36. The first-order chi connectivity index (χ1) is 18.7. The van der Waals surface area contributed by atoms with Crippen molar-refractivity contribution in [3.63, 3.8) is 0 Å². The summed E-state index contributed by atoms with van der Waals surface area (Å²) in [5, 5.41) is 19.4. The van der Waals surface area contributed by atoms with Gasteiger partial charge in [-0.1, -0.05) is 36.4 Å². The van der Waals surface area contributed by atoms with Gasteiger partial charge in [0.05, 0.1) is 24.9 Å². The Labute approximate surface area is 227 Å². The zero-order valence-corrected chi connectivity index (χ0v) is 22.3. The van der Waals surface area contributed by atoms with Crippen LogP contribution in [0.25, 0.3) is 5.76 Å². The number of methoxy groups -OCH3 is 1.